The number of hydrogen-bond donors (Lipinski definition) is 0. The Morgan fingerprint density at radius 2 is 0.650 bits per heavy atom. The molecule has 0 bridgehead atoms. The molecule has 0 heterocycles. The molecular formula is C18H15NRu. The van der Waals surface area contributed by atoms with Gasteiger partial charge in [-0.25, -0.2) is 0 Å². The number of anilines is 3. The molecule has 0 saturated heterocycles. The zero-order chi connectivity index (χ0) is 12.9. The van der Waals surface area contributed by atoms with Crippen molar-refractivity contribution in [1.82, 2.24) is 0 Å². The summed E-state index contributed by atoms with van der Waals surface area (Å²) in [5.41, 5.74) is 3.50. The maximum Gasteiger partial charge on any atom is 0.0461 e. The molecule has 100 valence electrons. The molecule has 0 unspecified atom stereocenters. The summed E-state index contributed by atoms with van der Waals surface area (Å²) in [4.78, 5) is 2.25. The molecule has 0 atom stereocenters. The number of para-hydroxylation sites is 3. The fourth-order valence-corrected chi connectivity index (χ4v) is 2.18. The molecule has 3 aromatic carbocycles. The molecule has 0 spiro atoms. The Bertz CT molecular complexity index is 529. The van der Waals surface area contributed by atoms with Crippen LogP contribution in [-0.4, -0.2) is 0 Å². The van der Waals surface area contributed by atoms with Crippen LogP contribution in [0.4, 0.5) is 17.1 Å². The minimum absolute atomic E-state index is 0. The van der Waals surface area contributed by atoms with Gasteiger partial charge in [-0.1, -0.05) is 54.6 Å². The molecule has 0 aromatic heterocycles. The van der Waals surface area contributed by atoms with Crippen LogP contribution in [0.3, 0.4) is 0 Å². The van der Waals surface area contributed by atoms with Crippen molar-refractivity contribution in [1.29, 1.82) is 0 Å². The number of benzene rings is 3. The fraction of sp³-hybridized carbons (Fsp3) is 0. The molecule has 20 heavy (non-hydrogen) atoms. The molecule has 0 aliphatic rings. The second kappa shape index (κ2) is 7.02. The van der Waals surface area contributed by atoms with E-state index in [9.17, 15) is 0 Å². The van der Waals surface area contributed by atoms with Crippen LogP contribution in [0.2, 0.25) is 0 Å². The molecule has 0 fully saturated rings. The van der Waals surface area contributed by atoms with Gasteiger partial charge in [0.1, 0.15) is 0 Å². The van der Waals surface area contributed by atoms with Crippen molar-refractivity contribution >= 4 is 17.1 Å². The van der Waals surface area contributed by atoms with Gasteiger partial charge in [-0.3, -0.25) is 0 Å². The molecule has 3 aromatic rings. The Morgan fingerprint density at radius 3 is 0.900 bits per heavy atom. The van der Waals surface area contributed by atoms with E-state index in [1.54, 1.807) is 0 Å². The van der Waals surface area contributed by atoms with Crippen molar-refractivity contribution < 1.29 is 19.5 Å². The first-order valence-corrected chi connectivity index (χ1v) is 6.40. The van der Waals surface area contributed by atoms with E-state index in [-0.39, 0.29) is 19.5 Å². The van der Waals surface area contributed by atoms with Gasteiger partial charge >= 0.3 is 0 Å². The Labute approximate surface area is 132 Å². The third-order valence-corrected chi connectivity index (χ3v) is 3.04. The molecule has 0 aliphatic heterocycles. The van der Waals surface area contributed by atoms with Gasteiger partial charge in [-0.15, -0.1) is 0 Å². The van der Waals surface area contributed by atoms with Gasteiger partial charge in [0.25, 0.3) is 0 Å². The molecule has 0 amide bonds. The second-order valence-corrected chi connectivity index (χ2v) is 4.34. The quantitative estimate of drug-likeness (QED) is 0.593. The first-order chi connectivity index (χ1) is 9.45. The summed E-state index contributed by atoms with van der Waals surface area (Å²) in [5.74, 6) is 0. The van der Waals surface area contributed by atoms with Crippen LogP contribution in [0, 0.1) is 0 Å². The minimum Gasteiger partial charge on any atom is -0.311 e. The minimum atomic E-state index is 0. The predicted molar refractivity (Wildman–Crippen MR) is 81.1 cm³/mol. The Hall–Kier alpha value is -1.92. The standard InChI is InChI=1S/C18H15N.Ru/c1-4-10-16(11-5-1)19(17-12-6-2-7-13-17)18-14-8-3-9-15-18;/h1-15H;. The molecule has 0 N–H and O–H groups in total. The van der Waals surface area contributed by atoms with E-state index < -0.39 is 0 Å². The van der Waals surface area contributed by atoms with Crippen molar-refractivity contribution in [2.45, 2.75) is 0 Å². The van der Waals surface area contributed by atoms with E-state index in [1.807, 2.05) is 18.2 Å². The Kier molecular flexibility index (Phi) is 5.09. The van der Waals surface area contributed by atoms with E-state index in [0.29, 0.717) is 0 Å². The first kappa shape index (κ1) is 14.5. The second-order valence-electron chi connectivity index (χ2n) is 4.34. The van der Waals surface area contributed by atoms with Gasteiger partial charge in [-0.05, 0) is 36.4 Å². The number of nitrogens with zero attached hydrogens (tertiary/aromatic N) is 1. The summed E-state index contributed by atoms with van der Waals surface area (Å²) >= 11 is 0. The van der Waals surface area contributed by atoms with E-state index in [4.69, 9.17) is 0 Å². The largest absolute Gasteiger partial charge is 0.311 e. The molecule has 2 heteroatoms. The van der Waals surface area contributed by atoms with Crippen molar-refractivity contribution in [3.05, 3.63) is 91.0 Å². The van der Waals surface area contributed by atoms with E-state index in [2.05, 4.69) is 77.7 Å². The normalized spacial score (nSPS) is 9.60. The molecule has 0 aliphatic carbocycles. The third-order valence-electron chi connectivity index (χ3n) is 3.04. The maximum absolute atomic E-state index is 2.25. The van der Waals surface area contributed by atoms with Gasteiger partial charge in [0.2, 0.25) is 0 Å². The Balaban J connectivity index is 0.00000147. The van der Waals surface area contributed by atoms with Crippen molar-refractivity contribution in [2.24, 2.45) is 0 Å². The van der Waals surface area contributed by atoms with Crippen molar-refractivity contribution in [3.63, 3.8) is 0 Å². The van der Waals surface area contributed by atoms with Crippen LogP contribution in [0.1, 0.15) is 0 Å². The smallest absolute Gasteiger partial charge is 0.0461 e. The van der Waals surface area contributed by atoms with Crippen LogP contribution in [0.25, 0.3) is 0 Å². The molecular weight excluding hydrogens is 331 g/mol. The Morgan fingerprint density at radius 1 is 0.400 bits per heavy atom. The summed E-state index contributed by atoms with van der Waals surface area (Å²) in [7, 11) is 0. The van der Waals surface area contributed by atoms with Gasteiger partial charge in [0, 0.05) is 36.5 Å². The SMILES string of the molecule is [Ru].c1ccc(N(c2ccccc2)c2ccccc2)cc1. The van der Waals surface area contributed by atoms with Crippen LogP contribution in [-0.2, 0) is 19.5 Å². The van der Waals surface area contributed by atoms with Crippen LogP contribution in [0.15, 0.2) is 91.0 Å². The van der Waals surface area contributed by atoms with Gasteiger partial charge in [0.05, 0.1) is 0 Å². The van der Waals surface area contributed by atoms with Crippen LogP contribution >= 0.6 is 0 Å². The monoisotopic (exact) mass is 347 g/mol. The van der Waals surface area contributed by atoms with E-state index in [0.717, 1.165) is 0 Å². The fourth-order valence-electron chi connectivity index (χ4n) is 2.18. The first-order valence-electron chi connectivity index (χ1n) is 6.40. The van der Waals surface area contributed by atoms with Crippen molar-refractivity contribution in [3.8, 4) is 0 Å². The van der Waals surface area contributed by atoms with Gasteiger partial charge in [-0.2, -0.15) is 0 Å². The molecule has 0 radical (unpaired) electrons. The van der Waals surface area contributed by atoms with Gasteiger partial charge < -0.3 is 4.90 Å². The summed E-state index contributed by atoms with van der Waals surface area (Å²) in [6.07, 6.45) is 0. The third kappa shape index (κ3) is 3.15. The summed E-state index contributed by atoms with van der Waals surface area (Å²) in [6.45, 7) is 0. The maximum atomic E-state index is 2.25. The van der Waals surface area contributed by atoms with Crippen LogP contribution < -0.4 is 4.90 Å². The average Bonchev–Trinajstić information content (AvgIpc) is 2.51. The van der Waals surface area contributed by atoms with Gasteiger partial charge in [0.15, 0.2) is 0 Å². The summed E-state index contributed by atoms with van der Waals surface area (Å²) in [5, 5.41) is 0. The molecule has 1 nitrogen and oxygen atoms in total. The van der Waals surface area contributed by atoms with Crippen molar-refractivity contribution in [2.75, 3.05) is 4.90 Å². The molecule has 3 rings (SSSR count). The topological polar surface area (TPSA) is 3.24 Å². The summed E-state index contributed by atoms with van der Waals surface area (Å²) < 4.78 is 0. The zero-order valence-electron chi connectivity index (χ0n) is 11.0. The predicted octanol–water partition coefficient (Wildman–Crippen LogP) is 5.15. The van der Waals surface area contributed by atoms with Crippen LogP contribution in [0.5, 0.6) is 0 Å². The average molecular weight is 346 g/mol. The molecule has 0 saturated carbocycles. The van der Waals surface area contributed by atoms with E-state index in [1.165, 1.54) is 17.1 Å². The summed E-state index contributed by atoms with van der Waals surface area (Å²) in [6, 6.07) is 31.3. The zero-order valence-corrected chi connectivity index (χ0v) is 12.7. The number of hydrogen-bond acceptors (Lipinski definition) is 1. The van der Waals surface area contributed by atoms with E-state index >= 15 is 0 Å². The number of rotatable bonds is 3.